The van der Waals surface area contributed by atoms with Gasteiger partial charge in [-0.3, -0.25) is 0 Å². The number of carbonyl (C=O) groups excluding carboxylic acids is 1. The molecular weight excluding hydrogens is 507 g/mol. The first-order chi connectivity index (χ1) is 18.4. The first-order valence-corrected chi connectivity index (χ1v) is 12.7. The topological polar surface area (TPSA) is 68.6 Å². The van der Waals surface area contributed by atoms with Crippen LogP contribution in [0.3, 0.4) is 0 Å². The predicted molar refractivity (Wildman–Crippen MR) is 146 cm³/mol. The zero-order valence-corrected chi connectivity index (χ0v) is 22.3. The quantitative estimate of drug-likeness (QED) is 0.239. The number of methoxy groups -OCH3 is 1. The van der Waals surface area contributed by atoms with Gasteiger partial charge in [-0.1, -0.05) is 36.7 Å². The standard InChI is InChI=1S/C29H30ClFN4O3/c1-4-16-32-29(36)34(18-21-8-10-23(31)11-9-21)19-27-20(2)33-35(24-7-5-6-22(30)17-24)28(27)38-26-14-12-25(37-3)13-15-26/h5-15,17H,4,16,18-19H2,1-3H3,(H,32,36). The molecule has 0 aliphatic carbocycles. The number of aromatic nitrogens is 2. The lowest BCUT2D eigenvalue weighted by Crippen LogP contribution is -2.39. The van der Waals surface area contributed by atoms with Crippen molar-refractivity contribution in [3.63, 3.8) is 0 Å². The van der Waals surface area contributed by atoms with Gasteiger partial charge in [0.1, 0.15) is 17.3 Å². The van der Waals surface area contributed by atoms with Crippen LogP contribution in [0.25, 0.3) is 5.69 Å². The Labute approximate surface area is 226 Å². The van der Waals surface area contributed by atoms with E-state index in [1.54, 1.807) is 65.2 Å². The van der Waals surface area contributed by atoms with E-state index >= 15 is 0 Å². The van der Waals surface area contributed by atoms with Crippen molar-refractivity contribution in [3.8, 4) is 23.1 Å². The van der Waals surface area contributed by atoms with E-state index < -0.39 is 0 Å². The summed E-state index contributed by atoms with van der Waals surface area (Å²) in [6.07, 6.45) is 0.799. The first kappa shape index (κ1) is 27.0. The van der Waals surface area contributed by atoms with E-state index in [1.807, 2.05) is 26.0 Å². The molecule has 0 saturated carbocycles. The molecule has 0 radical (unpaired) electrons. The number of nitrogens with one attached hydrogen (secondary N) is 1. The van der Waals surface area contributed by atoms with Crippen molar-refractivity contribution in [1.82, 2.24) is 20.0 Å². The van der Waals surface area contributed by atoms with Crippen LogP contribution in [0.1, 0.15) is 30.2 Å². The van der Waals surface area contributed by atoms with Crippen LogP contribution in [0.4, 0.5) is 9.18 Å². The molecule has 198 valence electrons. The van der Waals surface area contributed by atoms with E-state index in [9.17, 15) is 9.18 Å². The summed E-state index contributed by atoms with van der Waals surface area (Å²) < 4.78 is 26.8. The molecule has 0 aliphatic heterocycles. The molecule has 9 heteroatoms. The molecule has 4 aromatic rings. The molecule has 0 atom stereocenters. The number of hydrogen-bond donors (Lipinski definition) is 1. The summed E-state index contributed by atoms with van der Waals surface area (Å²) in [5.74, 6) is 1.41. The molecule has 1 aromatic heterocycles. The van der Waals surface area contributed by atoms with Crippen LogP contribution >= 0.6 is 11.6 Å². The third kappa shape index (κ3) is 6.63. The lowest BCUT2D eigenvalue weighted by molar-refractivity contribution is 0.191. The van der Waals surface area contributed by atoms with Crippen LogP contribution in [0.15, 0.2) is 72.8 Å². The number of nitrogens with zero attached hydrogens (tertiary/aromatic N) is 3. The van der Waals surface area contributed by atoms with Crippen LogP contribution in [0.2, 0.25) is 5.02 Å². The van der Waals surface area contributed by atoms with Gasteiger partial charge in [0.05, 0.1) is 30.6 Å². The highest BCUT2D eigenvalue weighted by Gasteiger charge is 2.24. The second-order valence-electron chi connectivity index (χ2n) is 8.75. The minimum Gasteiger partial charge on any atom is -0.497 e. The minimum absolute atomic E-state index is 0.213. The van der Waals surface area contributed by atoms with Crippen molar-refractivity contribution in [3.05, 3.63) is 100 Å². The molecule has 1 heterocycles. The van der Waals surface area contributed by atoms with Gasteiger partial charge in [-0.2, -0.15) is 5.10 Å². The summed E-state index contributed by atoms with van der Waals surface area (Å²) in [6, 6.07) is 20.4. The van der Waals surface area contributed by atoms with Crippen molar-refractivity contribution in [2.75, 3.05) is 13.7 Å². The van der Waals surface area contributed by atoms with Crippen molar-refractivity contribution in [1.29, 1.82) is 0 Å². The fraction of sp³-hybridized carbons (Fsp3) is 0.241. The summed E-state index contributed by atoms with van der Waals surface area (Å²) in [6.45, 7) is 4.89. The molecule has 1 N–H and O–H groups in total. The van der Waals surface area contributed by atoms with Gasteiger partial charge in [-0.25, -0.2) is 13.9 Å². The number of halogens is 2. The van der Waals surface area contributed by atoms with Crippen molar-refractivity contribution < 1.29 is 18.7 Å². The van der Waals surface area contributed by atoms with Gasteiger partial charge in [-0.15, -0.1) is 0 Å². The maximum Gasteiger partial charge on any atom is 0.318 e. The fourth-order valence-corrected chi connectivity index (χ4v) is 4.09. The zero-order chi connectivity index (χ0) is 27.1. The number of benzene rings is 3. The van der Waals surface area contributed by atoms with Crippen LogP contribution in [0.5, 0.6) is 17.4 Å². The lowest BCUT2D eigenvalue weighted by Gasteiger charge is -2.24. The number of urea groups is 1. The Morgan fingerprint density at radius 3 is 2.42 bits per heavy atom. The van der Waals surface area contributed by atoms with E-state index in [0.29, 0.717) is 34.6 Å². The summed E-state index contributed by atoms with van der Waals surface area (Å²) in [4.78, 5) is 14.9. The molecule has 0 spiro atoms. The molecule has 4 rings (SSSR count). The van der Waals surface area contributed by atoms with Crippen molar-refractivity contribution in [2.24, 2.45) is 0 Å². The number of amides is 2. The Kier molecular flexibility index (Phi) is 8.86. The molecule has 7 nitrogen and oxygen atoms in total. The molecule has 0 fully saturated rings. The largest absolute Gasteiger partial charge is 0.497 e. The first-order valence-electron chi connectivity index (χ1n) is 12.3. The monoisotopic (exact) mass is 536 g/mol. The number of hydrogen-bond acceptors (Lipinski definition) is 4. The average Bonchev–Trinajstić information content (AvgIpc) is 3.23. The predicted octanol–water partition coefficient (Wildman–Crippen LogP) is 6.90. The maximum absolute atomic E-state index is 13.5. The van der Waals surface area contributed by atoms with Crippen LogP contribution < -0.4 is 14.8 Å². The number of aryl methyl sites for hydroxylation is 1. The highest BCUT2D eigenvalue weighted by Crippen LogP contribution is 2.33. The van der Waals surface area contributed by atoms with Crippen LogP contribution in [-0.2, 0) is 13.1 Å². The Bertz CT molecular complexity index is 1370. The fourth-order valence-electron chi connectivity index (χ4n) is 3.91. The normalized spacial score (nSPS) is 10.8. The SMILES string of the molecule is CCCNC(=O)N(Cc1ccc(F)cc1)Cc1c(C)nn(-c2cccc(Cl)c2)c1Oc1ccc(OC)cc1. The smallest absolute Gasteiger partial charge is 0.318 e. The van der Waals surface area contributed by atoms with Crippen LogP contribution in [0, 0.1) is 12.7 Å². The highest BCUT2D eigenvalue weighted by molar-refractivity contribution is 6.30. The average molecular weight is 537 g/mol. The number of carbonyl (C=O) groups is 1. The molecule has 0 bridgehead atoms. The van der Waals surface area contributed by atoms with E-state index in [4.69, 9.17) is 26.2 Å². The second kappa shape index (κ2) is 12.5. The lowest BCUT2D eigenvalue weighted by atomic mass is 10.2. The third-order valence-corrected chi connectivity index (χ3v) is 6.15. The van der Waals surface area contributed by atoms with E-state index in [2.05, 4.69) is 5.32 Å². The second-order valence-corrected chi connectivity index (χ2v) is 9.19. The van der Waals surface area contributed by atoms with Crippen molar-refractivity contribution >= 4 is 17.6 Å². The maximum atomic E-state index is 13.5. The Hall–Kier alpha value is -4.04. The Morgan fingerprint density at radius 1 is 1.05 bits per heavy atom. The number of ether oxygens (including phenoxy) is 2. The molecule has 3 aromatic carbocycles. The molecular formula is C29H30ClFN4O3. The van der Waals surface area contributed by atoms with Gasteiger partial charge in [-0.05, 0) is 73.5 Å². The van der Waals surface area contributed by atoms with Crippen LogP contribution in [-0.4, -0.2) is 34.4 Å². The summed E-state index contributed by atoms with van der Waals surface area (Å²) in [7, 11) is 1.60. The molecule has 0 saturated heterocycles. The molecule has 38 heavy (non-hydrogen) atoms. The van der Waals surface area contributed by atoms with E-state index in [1.165, 1.54) is 12.1 Å². The van der Waals surface area contributed by atoms with Gasteiger partial charge in [0, 0.05) is 18.1 Å². The van der Waals surface area contributed by atoms with Gasteiger partial charge >= 0.3 is 6.03 Å². The molecule has 0 unspecified atom stereocenters. The molecule has 0 aliphatic rings. The van der Waals surface area contributed by atoms with Gasteiger partial charge in [0.15, 0.2) is 0 Å². The number of rotatable bonds is 10. The minimum atomic E-state index is -0.329. The summed E-state index contributed by atoms with van der Waals surface area (Å²) in [5.41, 5.74) is 2.95. The zero-order valence-electron chi connectivity index (χ0n) is 21.6. The molecule has 2 amide bonds. The van der Waals surface area contributed by atoms with E-state index in [0.717, 1.165) is 23.2 Å². The third-order valence-electron chi connectivity index (χ3n) is 5.91. The highest BCUT2D eigenvalue weighted by atomic mass is 35.5. The van der Waals surface area contributed by atoms with Crippen molar-refractivity contribution in [2.45, 2.75) is 33.4 Å². The van der Waals surface area contributed by atoms with Gasteiger partial charge in [0.2, 0.25) is 5.88 Å². The Morgan fingerprint density at radius 2 is 1.76 bits per heavy atom. The van der Waals surface area contributed by atoms with Gasteiger partial charge < -0.3 is 19.7 Å². The summed E-state index contributed by atoms with van der Waals surface area (Å²) in [5, 5.41) is 8.25. The Balaban J connectivity index is 1.74. The van der Waals surface area contributed by atoms with Gasteiger partial charge in [0.25, 0.3) is 0 Å². The van der Waals surface area contributed by atoms with E-state index in [-0.39, 0.29) is 24.9 Å². The summed E-state index contributed by atoms with van der Waals surface area (Å²) >= 11 is 6.28.